The molecule has 1 rings (SSSR count). The Morgan fingerprint density at radius 3 is 2.78 bits per heavy atom. The van der Waals surface area contributed by atoms with Gasteiger partial charge >= 0.3 is 0 Å². The van der Waals surface area contributed by atoms with Crippen molar-refractivity contribution in [3.8, 4) is 0 Å². The van der Waals surface area contributed by atoms with Crippen LogP contribution in [0.5, 0.6) is 0 Å². The second-order valence-corrected chi connectivity index (χ2v) is 4.55. The zero-order valence-electron chi connectivity index (χ0n) is 10.0. The molecule has 0 fully saturated rings. The van der Waals surface area contributed by atoms with Gasteiger partial charge in [-0.2, -0.15) is 0 Å². The van der Waals surface area contributed by atoms with Gasteiger partial charge in [-0.05, 0) is 25.3 Å². The van der Waals surface area contributed by atoms with Crippen LogP contribution in [0.4, 0.5) is 5.69 Å². The van der Waals surface area contributed by atoms with Crippen molar-refractivity contribution in [2.75, 3.05) is 12.8 Å². The molecule has 0 aliphatic heterocycles. The van der Waals surface area contributed by atoms with E-state index < -0.39 is 16.9 Å². The van der Waals surface area contributed by atoms with Crippen molar-refractivity contribution in [1.82, 2.24) is 5.32 Å². The Morgan fingerprint density at radius 2 is 2.28 bits per heavy atom. The largest absolute Gasteiger partial charge is 0.392 e. The maximum absolute atomic E-state index is 11.7. The van der Waals surface area contributed by atoms with Gasteiger partial charge in [0, 0.05) is 18.2 Å². The monoisotopic (exact) mass is 270 g/mol. The highest BCUT2D eigenvalue weighted by atomic mass is 32.2. The van der Waals surface area contributed by atoms with Crippen LogP contribution in [0.25, 0.3) is 0 Å². The van der Waals surface area contributed by atoms with Crippen LogP contribution in [0, 0.1) is 10.1 Å². The van der Waals surface area contributed by atoms with Crippen LogP contribution < -0.4 is 5.32 Å². The highest BCUT2D eigenvalue weighted by Crippen LogP contribution is 2.28. The minimum Gasteiger partial charge on any atom is -0.392 e. The summed E-state index contributed by atoms with van der Waals surface area (Å²) < 4.78 is 0. The lowest BCUT2D eigenvalue weighted by Crippen LogP contribution is -2.30. The van der Waals surface area contributed by atoms with Gasteiger partial charge in [0.2, 0.25) is 0 Å². The van der Waals surface area contributed by atoms with Crippen LogP contribution >= 0.6 is 11.8 Å². The molecule has 0 aromatic heterocycles. The van der Waals surface area contributed by atoms with E-state index in [4.69, 9.17) is 5.11 Å². The lowest BCUT2D eigenvalue weighted by molar-refractivity contribution is -0.387. The average Bonchev–Trinajstić information content (AvgIpc) is 2.34. The molecule has 0 unspecified atom stereocenters. The number of amides is 1. The molecule has 1 aromatic carbocycles. The number of benzene rings is 1. The van der Waals surface area contributed by atoms with E-state index >= 15 is 0 Å². The van der Waals surface area contributed by atoms with Crippen molar-refractivity contribution in [2.45, 2.75) is 17.9 Å². The molecule has 0 heterocycles. The van der Waals surface area contributed by atoms with Gasteiger partial charge in [-0.25, -0.2) is 0 Å². The maximum atomic E-state index is 11.7. The lowest BCUT2D eigenvalue weighted by Gasteiger charge is -2.07. The van der Waals surface area contributed by atoms with E-state index in [0.29, 0.717) is 4.90 Å². The van der Waals surface area contributed by atoms with Crippen molar-refractivity contribution in [3.05, 3.63) is 33.9 Å². The summed E-state index contributed by atoms with van der Waals surface area (Å²) in [6.07, 6.45) is 1.07. The van der Waals surface area contributed by atoms with Gasteiger partial charge in [-0.1, -0.05) is 0 Å². The molecule has 0 bridgehead atoms. The first kappa shape index (κ1) is 14.5. The summed E-state index contributed by atoms with van der Waals surface area (Å²) >= 11 is 1.25. The number of rotatable bonds is 5. The van der Waals surface area contributed by atoms with E-state index in [1.807, 2.05) is 0 Å². The number of thioether (sulfide) groups is 1. The van der Waals surface area contributed by atoms with E-state index in [2.05, 4.69) is 5.32 Å². The molecule has 0 aliphatic carbocycles. The molecule has 98 valence electrons. The van der Waals surface area contributed by atoms with E-state index in [-0.39, 0.29) is 17.8 Å². The number of nitrogens with one attached hydrogen (secondary N) is 1. The minimum absolute atomic E-state index is 0.0906. The summed E-state index contributed by atoms with van der Waals surface area (Å²) in [6, 6.07) is 4.31. The molecule has 0 saturated carbocycles. The molecule has 18 heavy (non-hydrogen) atoms. The van der Waals surface area contributed by atoms with Crippen LogP contribution in [0.15, 0.2) is 23.1 Å². The average molecular weight is 270 g/mol. The fourth-order valence-electron chi connectivity index (χ4n) is 1.32. The van der Waals surface area contributed by atoms with Gasteiger partial charge in [0.15, 0.2) is 0 Å². The van der Waals surface area contributed by atoms with Crippen LogP contribution in [0.1, 0.15) is 17.3 Å². The van der Waals surface area contributed by atoms with Gasteiger partial charge in [-0.3, -0.25) is 14.9 Å². The Labute approximate surface area is 109 Å². The number of aliphatic hydroxyl groups is 1. The third kappa shape index (κ3) is 3.71. The molecule has 0 saturated heterocycles. The van der Waals surface area contributed by atoms with E-state index in [1.54, 1.807) is 19.2 Å². The Bertz CT molecular complexity index is 462. The molecular formula is C11H14N2O4S. The maximum Gasteiger partial charge on any atom is 0.283 e. The van der Waals surface area contributed by atoms with Crippen molar-refractivity contribution in [3.63, 3.8) is 0 Å². The quantitative estimate of drug-likeness (QED) is 0.479. The molecule has 0 aliphatic rings. The Balaban J connectivity index is 2.94. The molecule has 6 nitrogen and oxygen atoms in total. The van der Waals surface area contributed by atoms with Crippen molar-refractivity contribution in [1.29, 1.82) is 0 Å². The highest BCUT2D eigenvalue weighted by Gasteiger charge is 2.16. The van der Waals surface area contributed by atoms with Crippen molar-refractivity contribution < 1.29 is 14.8 Å². The van der Waals surface area contributed by atoms with Crippen LogP contribution in [0.2, 0.25) is 0 Å². The smallest absolute Gasteiger partial charge is 0.283 e. The van der Waals surface area contributed by atoms with Gasteiger partial charge in [-0.15, -0.1) is 11.8 Å². The minimum atomic E-state index is -0.658. The molecular weight excluding hydrogens is 256 g/mol. The topological polar surface area (TPSA) is 92.5 Å². The summed E-state index contributed by atoms with van der Waals surface area (Å²) in [5.74, 6) is -0.438. The fraction of sp³-hybridized carbons (Fsp3) is 0.364. The first-order valence-corrected chi connectivity index (χ1v) is 6.47. The third-order valence-electron chi connectivity index (χ3n) is 2.20. The van der Waals surface area contributed by atoms with Gasteiger partial charge in [0.05, 0.1) is 15.9 Å². The predicted octanol–water partition coefficient (Wildman–Crippen LogP) is 1.43. The van der Waals surface area contributed by atoms with Crippen molar-refractivity contribution >= 4 is 23.4 Å². The second-order valence-electron chi connectivity index (χ2n) is 3.70. The molecule has 0 spiro atoms. The van der Waals surface area contributed by atoms with Gasteiger partial charge in [0.25, 0.3) is 11.6 Å². The summed E-state index contributed by atoms with van der Waals surface area (Å²) in [5, 5.41) is 22.4. The molecule has 2 N–H and O–H groups in total. The van der Waals surface area contributed by atoms with Crippen molar-refractivity contribution in [2.24, 2.45) is 0 Å². The molecule has 0 radical (unpaired) electrons. The Morgan fingerprint density at radius 1 is 1.61 bits per heavy atom. The van der Waals surface area contributed by atoms with Crippen LogP contribution in [-0.2, 0) is 0 Å². The fourth-order valence-corrected chi connectivity index (χ4v) is 1.86. The van der Waals surface area contributed by atoms with Gasteiger partial charge in [0.1, 0.15) is 0 Å². The molecule has 1 aromatic rings. The van der Waals surface area contributed by atoms with E-state index in [0.717, 1.165) is 0 Å². The highest BCUT2D eigenvalue weighted by molar-refractivity contribution is 7.98. The lowest BCUT2D eigenvalue weighted by atomic mass is 10.2. The number of hydrogen-bond acceptors (Lipinski definition) is 5. The summed E-state index contributed by atoms with van der Waals surface area (Å²) in [6.45, 7) is 1.65. The number of aliphatic hydroxyl groups excluding tert-OH is 1. The number of nitro benzene ring substituents is 1. The number of carbonyl (C=O) groups is 1. The number of nitro groups is 1. The summed E-state index contributed by atoms with van der Waals surface area (Å²) in [5.41, 5.74) is 0.118. The number of carbonyl (C=O) groups excluding carboxylic acids is 1. The van der Waals surface area contributed by atoms with E-state index in [1.165, 1.54) is 23.9 Å². The first-order chi connectivity index (χ1) is 8.45. The molecule has 1 amide bonds. The van der Waals surface area contributed by atoms with Gasteiger partial charge < -0.3 is 10.4 Å². The third-order valence-corrected chi connectivity index (χ3v) is 2.98. The summed E-state index contributed by atoms with van der Waals surface area (Å²) in [7, 11) is 0. The zero-order valence-corrected chi connectivity index (χ0v) is 10.9. The van der Waals surface area contributed by atoms with E-state index in [9.17, 15) is 14.9 Å². The Kier molecular flexibility index (Phi) is 5.11. The summed E-state index contributed by atoms with van der Waals surface area (Å²) in [4.78, 5) is 22.5. The molecule has 1 atom stereocenters. The number of hydrogen-bond donors (Lipinski definition) is 2. The Hall–Kier alpha value is -1.60. The predicted molar refractivity (Wildman–Crippen MR) is 68.9 cm³/mol. The standard InChI is InChI=1S/C11H14N2O4S/c1-7(14)6-12-11(15)8-3-4-10(18-2)9(5-8)13(16)17/h3-5,7,14H,6H2,1-2H3,(H,12,15)/t7-/m1/s1. The number of nitrogens with zero attached hydrogens (tertiary/aromatic N) is 1. The molecule has 7 heteroatoms. The van der Waals surface area contributed by atoms with Crippen LogP contribution in [0.3, 0.4) is 0 Å². The SMILES string of the molecule is CSc1ccc(C(=O)NC[C@@H](C)O)cc1[N+](=O)[O-]. The second kappa shape index (κ2) is 6.36. The normalized spacial score (nSPS) is 11.9. The zero-order chi connectivity index (χ0) is 13.7. The van der Waals surface area contributed by atoms with Crippen LogP contribution in [-0.4, -0.2) is 34.8 Å². The first-order valence-electron chi connectivity index (χ1n) is 5.24.